The van der Waals surface area contributed by atoms with E-state index in [4.69, 9.17) is 0 Å². The van der Waals surface area contributed by atoms with Crippen LogP contribution in [0.5, 0.6) is 0 Å². The molecule has 0 saturated carbocycles. The zero-order chi connectivity index (χ0) is 14.0. The van der Waals surface area contributed by atoms with E-state index in [1.807, 2.05) is 0 Å². The van der Waals surface area contributed by atoms with Gasteiger partial charge in [-0.2, -0.15) is 0 Å². The summed E-state index contributed by atoms with van der Waals surface area (Å²) in [5.41, 5.74) is 0.516. The van der Waals surface area contributed by atoms with Crippen LogP contribution in [-0.4, -0.2) is 0 Å². The van der Waals surface area contributed by atoms with Crippen molar-refractivity contribution >= 4 is 0 Å². The second-order valence-corrected chi connectivity index (χ2v) is 7.74. The van der Waals surface area contributed by atoms with Crippen LogP contribution in [0.1, 0.15) is 99.3 Å². The molecule has 0 aliphatic heterocycles. The van der Waals surface area contributed by atoms with E-state index in [2.05, 4.69) is 41.5 Å². The maximum atomic E-state index is 2.44. The first-order valence-corrected chi connectivity index (χ1v) is 8.35. The summed E-state index contributed by atoms with van der Waals surface area (Å²) in [4.78, 5) is 0. The van der Waals surface area contributed by atoms with Gasteiger partial charge in [-0.05, 0) is 23.7 Å². The van der Waals surface area contributed by atoms with Crippen molar-refractivity contribution in [3.8, 4) is 0 Å². The predicted molar refractivity (Wildman–Crippen MR) is 85.0 cm³/mol. The van der Waals surface area contributed by atoms with Crippen LogP contribution in [-0.2, 0) is 0 Å². The van der Waals surface area contributed by atoms with Gasteiger partial charge in [0.1, 0.15) is 0 Å². The Morgan fingerprint density at radius 2 is 1.22 bits per heavy atom. The van der Waals surface area contributed by atoms with Gasteiger partial charge in [0.25, 0.3) is 0 Å². The Morgan fingerprint density at radius 1 is 0.722 bits per heavy atom. The van der Waals surface area contributed by atoms with E-state index in [9.17, 15) is 0 Å². The zero-order valence-electron chi connectivity index (χ0n) is 14.0. The Hall–Kier alpha value is 0. The first-order valence-electron chi connectivity index (χ1n) is 8.35. The topological polar surface area (TPSA) is 0 Å². The van der Waals surface area contributed by atoms with Gasteiger partial charge in [-0.1, -0.05) is 92.9 Å². The molecule has 18 heavy (non-hydrogen) atoms. The third-order valence-corrected chi connectivity index (χ3v) is 4.08. The summed E-state index contributed by atoms with van der Waals surface area (Å²) < 4.78 is 0. The van der Waals surface area contributed by atoms with Gasteiger partial charge >= 0.3 is 0 Å². The monoisotopic (exact) mass is 254 g/mol. The standard InChI is InChI=1S/C18H38/c1-7-8-9-11-16(2)12-10-13-17(3)14-15-18(4,5)6/h16-17H,7-15H2,1-6H3. The predicted octanol–water partition coefficient (Wildman–Crippen LogP) is 6.84. The fourth-order valence-electron chi connectivity index (χ4n) is 2.53. The van der Waals surface area contributed by atoms with E-state index in [0.717, 1.165) is 11.8 Å². The molecule has 0 aromatic carbocycles. The largest absolute Gasteiger partial charge is 0.0654 e. The number of hydrogen-bond acceptors (Lipinski definition) is 0. The second-order valence-electron chi connectivity index (χ2n) is 7.74. The van der Waals surface area contributed by atoms with E-state index in [0.29, 0.717) is 5.41 Å². The maximum absolute atomic E-state index is 2.44. The molecule has 0 N–H and O–H groups in total. The van der Waals surface area contributed by atoms with Crippen LogP contribution in [0.3, 0.4) is 0 Å². The third-order valence-electron chi connectivity index (χ3n) is 4.08. The zero-order valence-corrected chi connectivity index (χ0v) is 14.0. The first-order chi connectivity index (χ1) is 8.35. The minimum atomic E-state index is 0.516. The lowest BCUT2D eigenvalue weighted by Crippen LogP contribution is -2.08. The minimum absolute atomic E-state index is 0.516. The lowest BCUT2D eigenvalue weighted by molar-refractivity contribution is 0.314. The molecule has 0 heteroatoms. The van der Waals surface area contributed by atoms with Crippen molar-refractivity contribution in [2.75, 3.05) is 0 Å². The Kier molecular flexibility index (Phi) is 9.87. The first kappa shape index (κ1) is 18.0. The second kappa shape index (κ2) is 9.87. The molecule has 0 amide bonds. The minimum Gasteiger partial charge on any atom is -0.0654 e. The van der Waals surface area contributed by atoms with Gasteiger partial charge in [0.15, 0.2) is 0 Å². The molecular formula is C18H38. The fourth-order valence-corrected chi connectivity index (χ4v) is 2.53. The Morgan fingerprint density at radius 3 is 1.72 bits per heavy atom. The van der Waals surface area contributed by atoms with Gasteiger partial charge in [-0.25, -0.2) is 0 Å². The number of rotatable bonds is 10. The molecule has 110 valence electrons. The molecule has 2 atom stereocenters. The molecule has 0 aliphatic rings. The van der Waals surface area contributed by atoms with E-state index in [1.165, 1.54) is 57.8 Å². The maximum Gasteiger partial charge on any atom is -0.0383 e. The molecule has 2 unspecified atom stereocenters. The molecule has 0 fully saturated rings. The van der Waals surface area contributed by atoms with Crippen molar-refractivity contribution in [1.82, 2.24) is 0 Å². The third kappa shape index (κ3) is 12.5. The highest BCUT2D eigenvalue weighted by Crippen LogP contribution is 2.26. The molecule has 0 heterocycles. The van der Waals surface area contributed by atoms with Gasteiger partial charge in [0.2, 0.25) is 0 Å². The summed E-state index contributed by atoms with van der Waals surface area (Å²) in [6, 6.07) is 0. The van der Waals surface area contributed by atoms with Crippen LogP contribution in [0.25, 0.3) is 0 Å². The Balaban J connectivity index is 3.46. The van der Waals surface area contributed by atoms with Crippen molar-refractivity contribution in [2.24, 2.45) is 17.3 Å². The highest BCUT2D eigenvalue weighted by Gasteiger charge is 2.12. The fraction of sp³-hybridized carbons (Fsp3) is 1.00. The normalized spacial score (nSPS) is 15.7. The summed E-state index contributed by atoms with van der Waals surface area (Å²) in [6.07, 6.45) is 12.8. The molecule has 0 nitrogen and oxygen atoms in total. The van der Waals surface area contributed by atoms with Crippen molar-refractivity contribution in [3.05, 3.63) is 0 Å². The van der Waals surface area contributed by atoms with Crippen molar-refractivity contribution in [2.45, 2.75) is 99.3 Å². The van der Waals surface area contributed by atoms with Gasteiger partial charge in [0.05, 0.1) is 0 Å². The SMILES string of the molecule is CCCCCC(C)CCCC(C)CCC(C)(C)C. The molecule has 0 aromatic heterocycles. The van der Waals surface area contributed by atoms with Gasteiger partial charge in [0, 0.05) is 0 Å². The van der Waals surface area contributed by atoms with Gasteiger partial charge in [-0.15, -0.1) is 0 Å². The van der Waals surface area contributed by atoms with Crippen LogP contribution in [0, 0.1) is 17.3 Å². The van der Waals surface area contributed by atoms with Crippen LogP contribution in [0.4, 0.5) is 0 Å². The molecule has 0 rings (SSSR count). The van der Waals surface area contributed by atoms with E-state index in [-0.39, 0.29) is 0 Å². The van der Waals surface area contributed by atoms with E-state index >= 15 is 0 Å². The molecule has 0 saturated heterocycles. The summed E-state index contributed by atoms with van der Waals surface area (Å²) in [7, 11) is 0. The number of hydrogen-bond donors (Lipinski definition) is 0. The van der Waals surface area contributed by atoms with Crippen LogP contribution < -0.4 is 0 Å². The molecule has 0 radical (unpaired) electrons. The van der Waals surface area contributed by atoms with Crippen molar-refractivity contribution in [1.29, 1.82) is 0 Å². The van der Waals surface area contributed by atoms with Crippen molar-refractivity contribution < 1.29 is 0 Å². The Labute approximate surface area is 117 Å². The summed E-state index contributed by atoms with van der Waals surface area (Å²) in [5, 5.41) is 0. The molecule has 0 aliphatic carbocycles. The molecule has 0 bridgehead atoms. The molecule has 0 spiro atoms. The van der Waals surface area contributed by atoms with Crippen LogP contribution in [0.15, 0.2) is 0 Å². The number of unbranched alkanes of at least 4 members (excludes halogenated alkanes) is 2. The van der Waals surface area contributed by atoms with Crippen LogP contribution in [0.2, 0.25) is 0 Å². The highest BCUT2D eigenvalue weighted by molar-refractivity contribution is 4.65. The van der Waals surface area contributed by atoms with Gasteiger partial charge in [-0.3, -0.25) is 0 Å². The Bertz CT molecular complexity index is 175. The lowest BCUT2D eigenvalue weighted by atomic mass is 9.85. The summed E-state index contributed by atoms with van der Waals surface area (Å²) in [5.74, 6) is 1.87. The van der Waals surface area contributed by atoms with E-state index in [1.54, 1.807) is 0 Å². The van der Waals surface area contributed by atoms with Crippen molar-refractivity contribution in [3.63, 3.8) is 0 Å². The van der Waals surface area contributed by atoms with E-state index < -0.39 is 0 Å². The highest BCUT2D eigenvalue weighted by atomic mass is 14.2. The van der Waals surface area contributed by atoms with Crippen LogP contribution >= 0.6 is 0 Å². The summed E-state index contributed by atoms with van der Waals surface area (Å²) in [6.45, 7) is 14.2. The average molecular weight is 255 g/mol. The average Bonchev–Trinajstić information content (AvgIpc) is 2.26. The lowest BCUT2D eigenvalue weighted by Gasteiger charge is -2.21. The molecular weight excluding hydrogens is 216 g/mol. The molecule has 0 aromatic rings. The smallest absolute Gasteiger partial charge is 0.0383 e. The summed E-state index contributed by atoms with van der Waals surface area (Å²) >= 11 is 0. The quantitative estimate of drug-likeness (QED) is 0.374. The van der Waals surface area contributed by atoms with Gasteiger partial charge < -0.3 is 0 Å².